The number of carbonyl (C=O) groups excluding carboxylic acids is 1. The number of benzene rings is 1. The highest BCUT2D eigenvalue weighted by Gasteiger charge is 2.39. The lowest BCUT2D eigenvalue weighted by molar-refractivity contribution is -0.124. The molecular formula is C15H20FNO. The van der Waals surface area contributed by atoms with E-state index in [9.17, 15) is 9.18 Å². The van der Waals surface area contributed by atoms with Crippen molar-refractivity contribution in [3.8, 4) is 0 Å². The van der Waals surface area contributed by atoms with E-state index in [1.165, 1.54) is 12.1 Å². The van der Waals surface area contributed by atoms with Gasteiger partial charge in [-0.2, -0.15) is 0 Å². The third-order valence-electron chi connectivity index (χ3n) is 3.71. The normalized spacial score (nSPS) is 23.2. The van der Waals surface area contributed by atoms with Crippen LogP contribution in [0.5, 0.6) is 0 Å². The fourth-order valence-electron chi connectivity index (χ4n) is 2.83. The highest BCUT2D eigenvalue weighted by molar-refractivity contribution is 5.90. The average molecular weight is 249 g/mol. The molecule has 0 spiro atoms. The zero-order chi connectivity index (χ0) is 13.0. The van der Waals surface area contributed by atoms with Gasteiger partial charge in [-0.1, -0.05) is 25.5 Å². The van der Waals surface area contributed by atoms with E-state index in [1.54, 1.807) is 6.07 Å². The summed E-state index contributed by atoms with van der Waals surface area (Å²) in [6.45, 7) is 3.01. The lowest BCUT2D eigenvalue weighted by Crippen LogP contribution is -2.48. The summed E-state index contributed by atoms with van der Waals surface area (Å²) in [6, 6.07) is 6.33. The van der Waals surface area contributed by atoms with Gasteiger partial charge in [0.05, 0.1) is 5.54 Å². The number of ketones is 1. The van der Waals surface area contributed by atoms with Gasteiger partial charge < -0.3 is 5.32 Å². The molecule has 0 bridgehead atoms. The molecular weight excluding hydrogens is 229 g/mol. The minimum absolute atomic E-state index is 0.201. The van der Waals surface area contributed by atoms with E-state index in [-0.39, 0.29) is 17.1 Å². The number of carbonyl (C=O) groups is 1. The fourth-order valence-corrected chi connectivity index (χ4v) is 2.83. The van der Waals surface area contributed by atoms with Crippen LogP contribution < -0.4 is 5.32 Å². The number of hydrogen-bond donors (Lipinski definition) is 1. The summed E-state index contributed by atoms with van der Waals surface area (Å²) in [7, 11) is 0. The third-order valence-corrected chi connectivity index (χ3v) is 3.71. The molecule has 98 valence electrons. The molecule has 1 unspecified atom stereocenters. The second-order valence-electron chi connectivity index (χ2n) is 5.09. The Labute approximate surface area is 108 Å². The van der Waals surface area contributed by atoms with Gasteiger partial charge in [0.1, 0.15) is 5.82 Å². The first-order valence-corrected chi connectivity index (χ1v) is 6.69. The Balaban J connectivity index is 2.10. The fraction of sp³-hybridized carbons (Fsp3) is 0.533. The van der Waals surface area contributed by atoms with Gasteiger partial charge in [-0.3, -0.25) is 4.79 Å². The molecule has 0 aromatic heterocycles. The lowest BCUT2D eigenvalue weighted by atomic mass is 9.84. The summed E-state index contributed by atoms with van der Waals surface area (Å²) in [6.07, 6.45) is 4.15. The minimum Gasteiger partial charge on any atom is -0.305 e. The minimum atomic E-state index is -0.360. The average Bonchev–Trinajstić information content (AvgIpc) is 2.79. The zero-order valence-electron chi connectivity index (χ0n) is 10.8. The monoisotopic (exact) mass is 249 g/mol. The van der Waals surface area contributed by atoms with E-state index >= 15 is 0 Å². The van der Waals surface area contributed by atoms with Crippen molar-refractivity contribution in [2.45, 2.75) is 44.6 Å². The molecule has 0 saturated carbocycles. The molecule has 1 fully saturated rings. The van der Waals surface area contributed by atoms with Crippen molar-refractivity contribution in [1.29, 1.82) is 0 Å². The summed E-state index contributed by atoms with van der Waals surface area (Å²) >= 11 is 0. The van der Waals surface area contributed by atoms with Crippen LogP contribution in [0.1, 0.15) is 38.2 Å². The topological polar surface area (TPSA) is 29.1 Å². The van der Waals surface area contributed by atoms with Crippen LogP contribution in [0.4, 0.5) is 4.39 Å². The maximum absolute atomic E-state index is 13.1. The standard InChI is InChI=1S/C15H20FNO/c1-2-7-15(8-4-9-17-15)14(18)11-12-5-3-6-13(16)10-12/h3,5-6,10,17H,2,4,7-9,11H2,1H3. The third kappa shape index (κ3) is 2.78. The summed E-state index contributed by atoms with van der Waals surface area (Å²) in [5.41, 5.74) is 0.408. The maximum Gasteiger partial charge on any atom is 0.157 e. The largest absolute Gasteiger partial charge is 0.305 e. The van der Waals surface area contributed by atoms with Gasteiger partial charge in [-0.15, -0.1) is 0 Å². The van der Waals surface area contributed by atoms with Crippen LogP contribution in [0.25, 0.3) is 0 Å². The Morgan fingerprint density at radius 2 is 2.33 bits per heavy atom. The summed E-state index contributed by atoms with van der Waals surface area (Å²) < 4.78 is 13.1. The first-order valence-electron chi connectivity index (χ1n) is 6.69. The molecule has 1 aromatic carbocycles. The van der Waals surface area contributed by atoms with E-state index < -0.39 is 0 Å². The van der Waals surface area contributed by atoms with E-state index in [0.717, 1.165) is 37.8 Å². The Hall–Kier alpha value is -1.22. The van der Waals surface area contributed by atoms with Crippen molar-refractivity contribution < 1.29 is 9.18 Å². The molecule has 1 heterocycles. The van der Waals surface area contributed by atoms with Gasteiger partial charge >= 0.3 is 0 Å². The molecule has 0 radical (unpaired) electrons. The lowest BCUT2D eigenvalue weighted by Gasteiger charge is -2.27. The van der Waals surface area contributed by atoms with E-state index in [4.69, 9.17) is 0 Å². The first kappa shape index (κ1) is 13.2. The van der Waals surface area contributed by atoms with Crippen molar-refractivity contribution in [2.75, 3.05) is 6.54 Å². The van der Waals surface area contributed by atoms with Gasteiger partial charge in [0.15, 0.2) is 5.78 Å². The summed E-state index contributed by atoms with van der Waals surface area (Å²) in [4.78, 5) is 12.5. The van der Waals surface area contributed by atoms with Crippen LogP contribution in [0.15, 0.2) is 24.3 Å². The second kappa shape index (κ2) is 5.61. The molecule has 1 N–H and O–H groups in total. The Kier molecular flexibility index (Phi) is 4.12. The number of halogens is 1. The smallest absolute Gasteiger partial charge is 0.157 e. The predicted octanol–water partition coefficient (Wildman–Crippen LogP) is 2.86. The van der Waals surface area contributed by atoms with Crippen molar-refractivity contribution in [1.82, 2.24) is 5.32 Å². The van der Waals surface area contributed by atoms with Gasteiger partial charge in [0.2, 0.25) is 0 Å². The maximum atomic E-state index is 13.1. The van der Waals surface area contributed by atoms with E-state index in [2.05, 4.69) is 12.2 Å². The highest BCUT2D eigenvalue weighted by Crippen LogP contribution is 2.27. The molecule has 1 aliphatic rings. The highest BCUT2D eigenvalue weighted by atomic mass is 19.1. The molecule has 1 aliphatic heterocycles. The van der Waals surface area contributed by atoms with Crippen LogP contribution in [0, 0.1) is 5.82 Å². The molecule has 3 heteroatoms. The molecule has 2 rings (SSSR count). The van der Waals surface area contributed by atoms with Gasteiger partial charge in [-0.05, 0) is 43.5 Å². The van der Waals surface area contributed by atoms with E-state index in [0.29, 0.717) is 6.42 Å². The SMILES string of the molecule is CCCC1(C(=O)Cc2cccc(F)c2)CCCN1. The molecule has 2 nitrogen and oxygen atoms in total. The van der Waals surface area contributed by atoms with Crippen molar-refractivity contribution in [2.24, 2.45) is 0 Å². The van der Waals surface area contributed by atoms with Gasteiger partial charge in [-0.25, -0.2) is 4.39 Å². The second-order valence-corrected chi connectivity index (χ2v) is 5.09. The Bertz CT molecular complexity index is 424. The number of rotatable bonds is 5. The number of Topliss-reactive ketones (excluding diaryl/α,β-unsaturated/α-hetero) is 1. The van der Waals surface area contributed by atoms with Crippen molar-refractivity contribution in [3.05, 3.63) is 35.6 Å². The van der Waals surface area contributed by atoms with Crippen LogP contribution >= 0.6 is 0 Å². The first-order chi connectivity index (χ1) is 8.66. The summed E-state index contributed by atoms with van der Waals surface area (Å²) in [5, 5.41) is 3.36. The molecule has 0 aliphatic carbocycles. The number of nitrogens with one attached hydrogen (secondary N) is 1. The number of hydrogen-bond acceptors (Lipinski definition) is 2. The van der Waals surface area contributed by atoms with Crippen molar-refractivity contribution in [3.63, 3.8) is 0 Å². The quantitative estimate of drug-likeness (QED) is 0.869. The van der Waals surface area contributed by atoms with E-state index in [1.807, 2.05) is 6.07 Å². The molecule has 0 amide bonds. The Morgan fingerprint density at radius 3 is 2.94 bits per heavy atom. The van der Waals surface area contributed by atoms with Crippen LogP contribution in [0.2, 0.25) is 0 Å². The predicted molar refractivity (Wildman–Crippen MR) is 70.0 cm³/mol. The molecule has 1 saturated heterocycles. The van der Waals surface area contributed by atoms with Crippen LogP contribution in [-0.2, 0) is 11.2 Å². The molecule has 18 heavy (non-hydrogen) atoms. The van der Waals surface area contributed by atoms with Gasteiger partial charge in [0.25, 0.3) is 0 Å². The Morgan fingerprint density at radius 1 is 1.50 bits per heavy atom. The summed E-state index contributed by atoms with van der Waals surface area (Å²) in [5.74, 6) is -0.0725. The molecule has 1 atom stereocenters. The van der Waals surface area contributed by atoms with Crippen LogP contribution in [-0.4, -0.2) is 17.9 Å². The molecule has 1 aromatic rings. The van der Waals surface area contributed by atoms with Gasteiger partial charge in [0, 0.05) is 6.42 Å². The zero-order valence-corrected chi connectivity index (χ0v) is 10.8. The van der Waals surface area contributed by atoms with Crippen LogP contribution in [0.3, 0.4) is 0 Å². The van der Waals surface area contributed by atoms with Crippen molar-refractivity contribution >= 4 is 5.78 Å².